The van der Waals surface area contributed by atoms with Crippen LogP contribution in [0.25, 0.3) is 0 Å². The van der Waals surface area contributed by atoms with E-state index in [2.05, 4.69) is 38.6 Å². The van der Waals surface area contributed by atoms with Crippen molar-refractivity contribution in [1.82, 2.24) is 5.01 Å². The first-order valence-corrected chi connectivity index (χ1v) is 8.31. The molecular formula is C17H13IN4O. The van der Waals surface area contributed by atoms with E-state index >= 15 is 0 Å². The molecule has 114 valence electrons. The zero-order valence-electron chi connectivity index (χ0n) is 12.4. The highest BCUT2D eigenvalue weighted by atomic mass is 127. The van der Waals surface area contributed by atoms with Crippen LogP contribution in [0.1, 0.15) is 12.5 Å². The number of amidine groups is 2. The Balaban J connectivity index is 1.90. The van der Waals surface area contributed by atoms with Gasteiger partial charge in [0, 0.05) is 9.13 Å². The van der Waals surface area contributed by atoms with Gasteiger partial charge in [-0.1, -0.05) is 18.2 Å². The predicted octanol–water partition coefficient (Wildman–Crippen LogP) is 3.37. The summed E-state index contributed by atoms with van der Waals surface area (Å²) in [6.45, 7) is 2.03. The average molecular weight is 416 g/mol. The summed E-state index contributed by atoms with van der Waals surface area (Å²) < 4.78 is 1.11. The molecule has 0 saturated carbocycles. The number of nitrogens with zero attached hydrogens (tertiary/aromatic N) is 4. The Labute approximate surface area is 147 Å². The lowest BCUT2D eigenvalue weighted by atomic mass is 10.1. The first-order valence-electron chi connectivity index (χ1n) is 7.23. The molecule has 2 aliphatic heterocycles. The molecule has 6 heteroatoms. The number of hydrogen-bond donors (Lipinski definition) is 0. The summed E-state index contributed by atoms with van der Waals surface area (Å²) in [5.74, 6) is 1.44. The van der Waals surface area contributed by atoms with Crippen molar-refractivity contribution in [2.75, 3.05) is 11.6 Å². The molecule has 2 heterocycles. The number of hydrazine groups is 1. The van der Waals surface area contributed by atoms with E-state index in [4.69, 9.17) is 0 Å². The zero-order chi connectivity index (χ0) is 16.0. The molecule has 0 spiro atoms. The second kappa shape index (κ2) is 5.45. The van der Waals surface area contributed by atoms with Gasteiger partial charge in [0.1, 0.15) is 12.4 Å². The number of aliphatic imine (C=N–C) groups is 2. The van der Waals surface area contributed by atoms with Gasteiger partial charge in [-0.3, -0.25) is 9.79 Å². The van der Waals surface area contributed by atoms with Crippen LogP contribution in [0.2, 0.25) is 0 Å². The molecule has 0 aromatic heterocycles. The number of halogens is 1. The van der Waals surface area contributed by atoms with Crippen molar-refractivity contribution in [2.45, 2.75) is 6.92 Å². The maximum absolute atomic E-state index is 12.5. The van der Waals surface area contributed by atoms with Crippen molar-refractivity contribution in [2.24, 2.45) is 9.98 Å². The third-order valence-electron chi connectivity index (χ3n) is 3.79. The highest BCUT2D eigenvalue weighted by molar-refractivity contribution is 14.1. The topological polar surface area (TPSA) is 48.3 Å². The van der Waals surface area contributed by atoms with Crippen LogP contribution in [-0.2, 0) is 4.79 Å². The quantitative estimate of drug-likeness (QED) is 0.670. The second-order valence-electron chi connectivity index (χ2n) is 5.31. The fraction of sp³-hybridized carbons (Fsp3) is 0.118. The molecule has 0 radical (unpaired) electrons. The number of para-hydroxylation sites is 1. The molecule has 2 aliphatic rings. The lowest BCUT2D eigenvalue weighted by Crippen LogP contribution is -2.57. The highest BCUT2D eigenvalue weighted by Gasteiger charge is 2.36. The van der Waals surface area contributed by atoms with Crippen LogP contribution in [-0.4, -0.2) is 29.1 Å². The minimum absolute atomic E-state index is 0.0661. The van der Waals surface area contributed by atoms with Crippen molar-refractivity contribution in [3.8, 4) is 0 Å². The molecule has 1 amide bonds. The van der Waals surface area contributed by atoms with E-state index in [-0.39, 0.29) is 12.5 Å². The van der Waals surface area contributed by atoms with E-state index in [0.717, 1.165) is 32.2 Å². The van der Waals surface area contributed by atoms with Gasteiger partial charge in [-0.05, 0) is 59.8 Å². The summed E-state index contributed by atoms with van der Waals surface area (Å²) in [4.78, 5) is 21.6. The molecule has 0 N–H and O–H groups in total. The van der Waals surface area contributed by atoms with Gasteiger partial charge in [0.2, 0.25) is 0 Å². The number of carbonyl (C=O) groups excluding carboxylic acids is 1. The predicted molar refractivity (Wildman–Crippen MR) is 99.1 cm³/mol. The Morgan fingerprint density at radius 3 is 2.65 bits per heavy atom. The molecule has 0 aliphatic carbocycles. The van der Waals surface area contributed by atoms with Gasteiger partial charge >= 0.3 is 0 Å². The van der Waals surface area contributed by atoms with E-state index in [1.54, 1.807) is 10.0 Å². The zero-order valence-corrected chi connectivity index (χ0v) is 14.6. The fourth-order valence-electron chi connectivity index (χ4n) is 2.82. The van der Waals surface area contributed by atoms with Crippen LogP contribution in [0.5, 0.6) is 0 Å². The summed E-state index contributed by atoms with van der Waals surface area (Å²) >= 11 is 2.27. The molecular weight excluding hydrogens is 403 g/mol. The van der Waals surface area contributed by atoms with Crippen molar-refractivity contribution in [3.63, 3.8) is 0 Å². The second-order valence-corrected chi connectivity index (χ2v) is 6.56. The van der Waals surface area contributed by atoms with Gasteiger partial charge in [-0.2, -0.15) is 0 Å². The van der Waals surface area contributed by atoms with Gasteiger partial charge in [0.05, 0.1) is 11.4 Å². The monoisotopic (exact) mass is 416 g/mol. The SMILES string of the molecule is CC1=Nc2ccc(I)cc2C2=NCC(=O)N(c3ccccc3)N12. The summed E-state index contributed by atoms with van der Waals surface area (Å²) in [6, 6.07) is 15.7. The molecule has 0 bridgehead atoms. The van der Waals surface area contributed by atoms with Crippen molar-refractivity contribution < 1.29 is 4.79 Å². The molecule has 0 atom stereocenters. The van der Waals surface area contributed by atoms with E-state index in [9.17, 15) is 4.79 Å². The summed E-state index contributed by atoms with van der Waals surface area (Å²) in [5, 5.41) is 3.46. The lowest BCUT2D eigenvalue weighted by molar-refractivity contribution is -0.119. The Bertz CT molecular complexity index is 860. The first kappa shape index (κ1) is 14.4. The number of carbonyl (C=O) groups is 1. The standard InChI is InChI=1S/C17H13IN4O/c1-11-20-15-8-7-12(18)9-14(15)17-19-10-16(23)22(21(11)17)13-5-3-2-4-6-13/h2-9H,10H2,1H3. The molecule has 0 saturated heterocycles. The number of anilines is 1. The smallest absolute Gasteiger partial charge is 0.267 e. The van der Waals surface area contributed by atoms with Crippen LogP contribution in [0, 0.1) is 3.57 Å². The Morgan fingerprint density at radius 2 is 1.87 bits per heavy atom. The van der Waals surface area contributed by atoms with Crippen LogP contribution >= 0.6 is 22.6 Å². The van der Waals surface area contributed by atoms with E-state index < -0.39 is 0 Å². The molecule has 4 rings (SSSR count). The van der Waals surface area contributed by atoms with E-state index in [1.165, 1.54) is 0 Å². The molecule has 23 heavy (non-hydrogen) atoms. The van der Waals surface area contributed by atoms with Crippen LogP contribution in [0.3, 0.4) is 0 Å². The van der Waals surface area contributed by atoms with E-state index in [0.29, 0.717) is 0 Å². The minimum Gasteiger partial charge on any atom is -0.270 e. The van der Waals surface area contributed by atoms with Crippen molar-refractivity contribution in [1.29, 1.82) is 0 Å². The molecule has 0 fully saturated rings. The largest absolute Gasteiger partial charge is 0.270 e. The highest BCUT2D eigenvalue weighted by Crippen LogP contribution is 2.32. The number of rotatable bonds is 1. The van der Waals surface area contributed by atoms with Crippen molar-refractivity contribution >= 4 is 51.5 Å². The Kier molecular flexibility index (Phi) is 3.41. The Morgan fingerprint density at radius 1 is 1.09 bits per heavy atom. The molecule has 5 nitrogen and oxygen atoms in total. The maximum Gasteiger partial charge on any atom is 0.267 e. The summed E-state index contributed by atoms with van der Waals surface area (Å²) in [7, 11) is 0. The van der Waals surface area contributed by atoms with Crippen LogP contribution < -0.4 is 5.01 Å². The summed E-state index contributed by atoms with van der Waals surface area (Å²) in [6.07, 6.45) is 0. The van der Waals surface area contributed by atoms with Crippen LogP contribution in [0.4, 0.5) is 11.4 Å². The average Bonchev–Trinajstić information content (AvgIpc) is 2.56. The van der Waals surface area contributed by atoms with Gasteiger partial charge in [0.25, 0.3) is 5.91 Å². The fourth-order valence-corrected chi connectivity index (χ4v) is 3.31. The molecule has 2 aromatic carbocycles. The summed E-state index contributed by atoms with van der Waals surface area (Å²) in [5.41, 5.74) is 2.66. The van der Waals surface area contributed by atoms with E-state index in [1.807, 2.05) is 49.4 Å². The van der Waals surface area contributed by atoms with Gasteiger partial charge < -0.3 is 0 Å². The number of fused-ring (bicyclic) bond motifs is 3. The molecule has 2 aromatic rings. The minimum atomic E-state index is -0.0661. The number of amides is 1. The molecule has 0 unspecified atom stereocenters. The third kappa shape index (κ3) is 2.33. The first-order chi connectivity index (χ1) is 11.1. The van der Waals surface area contributed by atoms with Crippen LogP contribution in [0.15, 0.2) is 58.5 Å². The normalized spacial score (nSPS) is 16.5. The lowest BCUT2D eigenvalue weighted by Gasteiger charge is -2.41. The number of benzene rings is 2. The Hall–Kier alpha value is -2.22. The van der Waals surface area contributed by atoms with Gasteiger partial charge in [-0.15, -0.1) is 0 Å². The van der Waals surface area contributed by atoms with Crippen molar-refractivity contribution in [3.05, 3.63) is 57.7 Å². The third-order valence-corrected chi connectivity index (χ3v) is 4.46. The van der Waals surface area contributed by atoms with Gasteiger partial charge in [0.15, 0.2) is 5.84 Å². The van der Waals surface area contributed by atoms with Gasteiger partial charge in [-0.25, -0.2) is 15.0 Å². The number of hydrogen-bond acceptors (Lipinski definition) is 4. The maximum atomic E-state index is 12.5.